The molecule has 0 aliphatic rings. The van der Waals surface area contributed by atoms with Gasteiger partial charge < -0.3 is 10.1 Å². The van der Waals surface area contributed by atoms with Gasteiger partial charge in [-0.15, -0.1) is 0 Å². The summed E-state index contributed by atoms with van der Waals surface area (Å²) in [6.07, 6.45) is 4.04. The standard InChI is InChI=1S/C19H18N2O2/c20-14-18-12-5-4-10-17(18)11-6-7-13-21-19(22)23-15-16-8-2-1-3-9-16/h1-6,8-12H,7,13,15H2,(H,21,22). The predicted molar refractivity (Wildman–Crippen MR) is 89.4 cm³/mol. The van der Waals surface area contributed by atoms with Crippen molar-refractivity contribution >= 4 is 12.2 Å². The minimum atomic E-state index is -0.431. The maximum absolute atomic E-state index is 11.5. The zero-order chi connectivity index (χ0) is 16.3. The first-order chi connectivity index (χ1) is 11.3. The highest BCUT2D eigenvalue weighted by Gasteiger charge is 2.01. The van der Waals surface area contributed by atoms with Crippen LogP contribution in [0, 0.1) is 11.3 Å². The molecule has 0 unspecified atom stereocenters. The Morgan fingerprint density at radius 1 is 1.13 bits per heavy atom. The number of carbonyl (C=O) groups excluding carboxylic acids is 1. The van der Waals surface area contributed by atoms with Crippen molar-refractivity contribution in [2.45, 2.75) is 13.0 Å². The highest BCUT2D eigenvalue weighted by Crippen LogP contribution is 2.09. The van der Waals surface area contributed by atoms with Crippen LogP contribution in [0.3, 0.4) is 0 Å². The number of alkyl carbamates (subject to hydrolysis) is 1. The van der Waals surface area contributed by atoms with Gasteiger partial charge in [-0.25, -0.2) is 4.79 Å². The fourth-order valence-electron chi connectivity index (χ4n) is 1.99. The van der Waals surface area contributed by atoms with Gasteiger partial charge in [-0.1, -0.05) is 60.7 Å². The van der Waals surface area contributed by atoms with Crippen LogP contribution >= 0.6 is 0 Å². The Morgan fingerprint density at radius 2 is 1.87 bits per heavy atom. The normalized spacial score (nSPS) is 10.2. The van der Waals surface area contributed by atoms with Crippen molar-refractivity contribution < 1.29 is 9.53 Å². The molecular weight excluding hydrogens is 288 g/mol. The first-order valence-electron chi connectivity index (χ1n) is 7.40. The molecule has 1 N–H and O–H groups in total. The zero-order valence-electron chi connectivity index (χ0n) is 12.7. The average Bonchev–Trinajstić information content (AvgIpc) is 2.61. The largest absolute Gasteiger partial charge is 0.445 e. The van der Waals surface area contributed by atoms with Crippen LogP contribution in [0.25, 0.3) is 6.08 Å². The molecule has 0 radical (unpaired) electrons. The lowest BCUT2D eigenvalue weighted by Gasteiger charge is -2.05. The topological polar surface area (TPSA) is 62.1 Å². The summed E-state index contributed by atoms with van der Waals surface area (Å²) in [5, 5.41) is 11.7. The van der Waals surface area contributed by atoms with E-state index in [2.05, 4.69) is 11.4 Å². The van der Waals surface area contributed by atoms with Crippen LogP contribution in [0.1, 0.15) is 23.1 Å². The molecule has 0 fully saturated rings. The van der Waals surface area contributed by atoms with Gasteiger partial charge in [-0.3, -0.25) is 0 Å². The summed E-state index contributed by atoms with van der Waals surface area (Å²) in [5.74, 6) is 0. The third-order valence-corrected chi connectivity index (χ3v) is 3.17. The van der Waals surface area contributed by atoms with Crippen LogP contribution in [-0.2, 0) is 11.3 Å². The third kappa shape index (κ3) is 5.68. The predicted octanol–water partition coefficient (Wildman–Crippen LogP) is 3.89. The lowest BCUT2D eigenvalue weighted by atomic mass is 10.1. The van der Waals surface area contributed by atoms with Crippen molar-refractivity contribution in [3.8, 4) is 6.07 Å². The maximum Gasteiger partial charge on any atom is 0.407 e. The zero-order valence-corrected chi connectivity index (χ0v) is 12.7. The Morgan fingerprint density at radius 3 is 2.65 bits per heavy atom. The Bertz CT molecular complexity index is 703. The first kappa shape index (κ1) is 16.3. The summed E-state index contributed by atoms with van der Waals surface area (Å²) in [6.45, 7) is 0.747. The smallest absolute Gasteiger partial charge is 0.407 e. The summed E-state index contributed by atoms with van der Waals surface area (Å²) in [7, 11) is 0. The molecule has 0 bridgehead atoms. The number of rotatable bonds is 6. The molecule has 1 amide bonds. The quantitative estimate of drug-likeness (QED) is 0.824. The van der Waals surface area contributed by atoms with Gasteiger partial charge in [0.25, 0.3) is 0 Å². The minimum absolute atomic E-state index is 0.262. The van der Waals surface area contributed by atoms with E-state index >= 15 is 0 Å². The number of hydrogen-bond donors (Lipinski definition) is 1. The molecule has 0 aliphatic carbocycles. The van der Waals surface area contributed by atoms with E-state index in [0.29, 0.717) is 18.5 Å². The van der Waals surface area contributed by atoms with E-state index in [9.17, 15) is 4.79 Å². The second-order valence-corrected chi connectivity index (χ2v) is 4.88. The van der Waals surface area contributed by atoms with E-state index in [1.54, 1.807) is 6.07 Å². The minimum Gasteiger partial charge on any atom is -0.445 e. The molecule has 116 valence electrons. The highest BCUT2D eigenvalue weighted by atomic mass is 16.5. The van der Waals surface area contributed by atoms with Gasteiger partial charge >= 0.3 is 6.09 Å². The Balaban J connectivity index is 1.68. The molecule has 0 aromatic heterocycles. The van der Waals surface area contributed by atoms with Gasteiger partial charge in [-0.05, 0) is 23.6 Å². The number of hydrogen-bond acceptors (Lipinski definition) is 3. The summed E-state index contributed by atoms with van der Waals surface area (Å²) in [5.41, 5.74) is 2.47. The lowest BCUT2D eigenvalue weighted by molar-refractivity contribution is 0.140. The van der Waals surface area contributed by atoms with Crippen LogP contribution < -0.4 is 5.32 Å². The first-order valence-corrected chi connectivity index (χ1v) is 7.40. The number of nitriles is 1. The fourth-order valence-corrected chi connectivity index (χ4v) is 1.99. The molecule has 0 aliphatic heterocycles. The Kier molecular flexibility index (Phi) is 6.43. The van der Waals surface area contributed by atoms with E-state index in [1.165, 1.54) is 0 Å². The highest BCUT2D eigenvalue weighted by molar-refractivity contribution is 5.67. The van der Waals surface area contributed by atoms with Gasteiger partial charge in [0.15, 0.2) is 0 Å². The Labute approximate surface area is 136 Å². The Hall–Kier alpha value is -3.06. The average molecular weight is 306 g/mol. The monoisotopic (exact) mass is 306 g/mol. The number of benzene rings is 2. The van der Waals surface area contributed by atoms with Crippen molar-refractivity contribution in [3.63, 3.8) is 0 Å². The van der Waals surface area contributed by atoms with Crippen molar-refractivity contribution in [2.75, 3.05) is 6.54 Å². The van der Waals surface area contributed by atoms with Crippen molar-refractivity contribution in [3.05, 3.63) is 77.4 Å². The van der Waals surface area contributed by atoms with E-state index in [1.807, 2.05) is 60.7 Å². The van der Waals surface area contributed by atoms with E-state index < -0.39 is 6.09 Å². The van der Waals surface area contributed by atoms with Crippen LogP contribution in [0.4, 0.5) is 4.79 Å². The van der Waals surface area contributed by atoms with Crippen LogP contribution in [0.15, 0.2) is 60.7 Å². The molecule has 2 aromatic carbocycles. The third-order valence-electron chi connectivity index (χ3n) is 3.17. The molecule has 0 atom stereocenters. The number of nitrogens with one attached hydrogen (secondary N) is 1. The molecular formula is C19H18N2O2. The molecule has 0 saturated heterocycles. The molecule has 0 saturated carbocycles. The summed E-state index contributed by atoms with van der Waals surface area (Å²) >= 11 is 0. The van der Waals surface area contributed by atoms with Crippen molar-refractivity contribution in [2.24, 2.45) is 0 Å². The molecule has 2 aromatic rings. The summed E-state index contributed by atoms with van der Waals surface area (Å²) in [4.78, 5) is 11.5. The van der Waals surface area contributed by atoms with Gasteiger partial charge in [0.1, 0.15) is 6.61 Å². The summed E-state index contributed by atoms with van der Waals surface area (Å²) < 4.78 is 5.11. The van der Waals surface area contributed by atoms with Gasteiger partial charge in [0.05, 0.1) is 11.6 Å². The summed E-state index contributed by atoms with van der Waals surface area (Å²) in [6, 6.07) is 19.1. The van der Waals surface area contributed by atoms with E-state index in [4.69, 9.17) is 10.00 Å². The lowest BCUT2D eigenvalue weighted by Crippen LogP contribution is -2.24. The second-order valence-electron chi connectivity index (χ2n) is 4.88. The van der Waals surface area contributed by atoms with Crippen LogP contribution in [0.2, 0.25) is 0 Å². The molecule has 4 heteroatoms. The molecule has 2 rings (SSSR count). The van der Waals surface area contributed by atoms with Crippen molar-refractivity contribution in [1.82, 2.24) is 5.32 Å². The molecule has 23 heavy (non-hydrogen) atoms. The van der Waals surface area contributed by atoms with Crippen molar-refractivity contribution in [1.29, 1.82) is 5.26 Å². The van der Waals surface area contributed by atoms with Gasteiger partial charge in [0.2, 0.25) is 0 Å². The van der Waals surface area contributed by atoms with Crippen LogP contribution in [-0.4, -0.2) is 12.6 Å². The van der Waals surface area contributed by atoms with E-state index in [-0.39, 0.29) is 6.61 Å². The maximum atomic E-state index is 11.5. The second kappa shape index (κ2) is 9.06. The van der Waals surface area contributed by atoms with E-state index in [0.717, 1.165) is 11.1 Å². The fraction of sp³-hybridized carbons (Fsp3) is 0.158. The number of nitrogens with zero attached hydrogens (tertiary/aromatic N) is 1. The number of amides is 1. The van der Waals surface area contributed by atoms with Gasteiger partial charge in [0, 0.05) is 6.54 Å². The SMILES string of the molecule is N#Cc1ccccc1C=CCCNC(=O)OCc1ccccc1. The molecule has 0 heterocycles. The number of ether oxygens (including phenoxy) is 1. The molecule has 4 nitrogen and oxygen atoms in total. The van der Waals surface area contributed by atoms with Crippen LogP contribution in [0.5, 0.6) is 0 Å². The number of carbonyl (C=O) groups is 1. The van der Waals surface area contributed by atoms with Gasteiger partial charge in [-0.2, -0.15) is 5.26 Å². The molecule has 0 spiro atoms.